The minimum atomic E-state index is 0. The second-order valence-electron chi connectivity index (χ2n) is 5.06. The predicted molar refractivity (Wildman–Crippen MR) is 100 cm³/mol. The van der Waals surface area contributed by atoms with Gasteiger partial charge in [0.2, 0.25) is 0 Å². The molecule has 0 bridgehead atoms. The number of halogens is 1. The third kappa shape index (κ3) is 10.6. The molecule has 0 aliphatic carbocycles. The van der Waals surface area contributed by atoms with Crippen LogP contribution >= 0.6 is 24.0 Å². The van der Waals surface area contributed by atoms with Crippen molar-refractivity contribution >= 4 is 29.9 Å². The maximum Gasteiger partial charge on any atom is 0.191 e. The lowest BCUT2D eigenvalue weighted by atomic mass is 10.1. The van der Waals surface area contributed by atoms with Gasteiger partial charge in [0.05, 0.1) is 12.2 Å². The van der Waals surface area contributed by atoms with Crippen molar-refractivity contribution in [3.8, 4) is 0 Å². The fourth-order valence-corrected chi connectivity index (χ4v) is 2.07. The van der Waals surface area contributed by atoms with Crippen molar-refractivity contribution in [2.24, 2.45) is 4.99 Å². The maximum atomic E-state index is 4.21. The fourth-order valence-electron chi connectivity index (χ4n) is 2.07. The Morgan fingerprint density at radius 1 is 1.14 bits per heavy atom. The molecule has 1 aromatic heterocycles. The lowest BCUT2D eigenvalue weighted by Gasteiger charge is -2.11. The minimum Gasteiger partial charge on any atom is -0.356 e. The van der Waals surface area contributed by atoms with E-state index < -0.39 is 0 Å². The summed E-state index contributed by atoms with van der Waals surface area (Å²) >= 11 is 0. The molecule has 5 nitrogen and oxygen atoms in total. The molecule has 3 N–H and O–H groups in total. The van der Waals surface area contributed by atoms with Crippen molar-refractivity contribution in [3.63, 3.8) is 0 Å². The molecule has 0 saturated carbocycles. The molecule has 6 heteroatoms. The number of hydrogen-bond donors (Lipinski definition) is 3. The van der Waals surface area contributed by atoms with Gasteiger partial charge in [0.1, 0.15) is 0 Å². The molecule has 21 heavy (non-hydrogen) atoms. The van der Waals surface area contributed by atoms with E-state index in [0.717, 1.165) is 24.7 Å². The molecule has 0 unspecified atom stereocenters. The third-order valence-electron chi connectivity index (χ3n) is 3.30. The lowest BCUT2D eigenvalue weighted by Crippen LogP contribution is -2.37. The Kier molecular flexibility index (Phi) is 13.6. The van der Waals surface area contributed by atoms with Crippen molar-refractivity contribution < 1.29 is 0 Å². The van der Waals surface area contributed by atoms with Crippen LogP contribution in [-0.2, 0) is 6.54 Å². The van der Waals surface area contributed by atoms with Crippen LogP contribution in [0.25, 0.3) is 0 Å². The van der Waals surface area contributed by atoms with E-state index in [4.69, 9.17) is 0 Å². The lowest BCUT2D eigenvalue weighted by molar-refractivity contribution is 0.583. The van der Waals surface area contributed by atoms with Crippen LogP contribution in [0.1, 0.15) is 57.6 Å². The molecule has 1 rings (SSSR count). The summed E-state index contributed by atoms with van der Waals surface area (Å²) in [4.78, 5) is 4.21. The SMILES string of the molecule is CCCCCCCCCNC(=NC)NCc1ccn[nH]1.I. The summed E-state index contributed by atoms with van der Waals surface area (Å²) < 4.78 is 0. The van der Waals surface area contributed by atoms with Gasteiger partial charge >= 0.3 is 0 Å². The number of nitrogens with one attached hydrogen (secondary N) is 3. The zero-order valence-electron chi connectivity index (χ0n) is 13.3. The Labute approximate surface area is 145 Å². The summed E-state index contributed by atoms with van der Waals surface area (Å²) in [6.45, 7) is 3.96. The largest absolute Gasteiger partial charge is 0.356 e. The topological polar surface area (TPSA) is 65.1 Å². The first-order valence-corrected chi connectivity index (χ1v) is 7.79. The van der Waals surface area contributed by atoms with E-state index in [0.29, 0.717) is 0 Å². The van der Waals surface area contributed by atoms with E-state index in [1.54, 1.807) is 13.2 Å². The molecule has 122 valence electrons. The number of nitrogens with zero attached hydrogens (tertiary/aromatic N) is 2. The molecule has 0 aliphatic rings. The average Bonchev–Trinajstić information content (AvgIpc) is 2.98. The van der Waals surface area contributed by atoms with Gasteiger partial charge in [-0.25, -0.2) is 0 Å². The molecule has 0 atom stereocenters. The molecule has 1 heterocycles. The van der Waals surface area contributed by atoms with Gasteiger partial charge in [-0.3, -0.25) is 10.1 Å². The Morgan fingerprint density at radius 3 is 2.48 bits per heavy atom. The summed E-state index contributed by atoms with van der Waals surface area (Å²) in [5.74, 6) is 0.852. The molecular formula is C15H30IN5. The highest BCUT2D eigenvalue weighted by atomic mass is 127. The number of aromatic nitrogens is 2. The molecule has 0 radical (unpaired) electrons. The number of aromatic amines is 1. The van der Waals surface area contributed by atoms with Crippen LogP contribution in [0.15, 0.2) is 17.3 Å². The van der Waals surface area contributed by atoms with Gasteiger partial charge in [0.25, 0.3) is 0 Å². The van der Waals surface area contributed by atoms with Crippen LogP contribution in [0, 0.1) is 0 Å². The number of H-pyrrole nitrogens is 1. The van der Waals surface area contributed by atoms with Gasteiger partial charge in [0.15, 0.2) is 5.96 Å². The molecule has 1 aromatic rings. The van der Waals surface area contributed by atoms with Gasteiger partial charge < -0.3 is 10.6 Å². The molecule has 0 aliphatic heterocycles. The van der Waals surface area contributed by atoms with Gasteiger partial charge in [-0.15, -0.1) is 24.0 Å². The molecule has 0 spiro atoms. The monoisotopic (exact) mass is 407 g/mol. The summed E-state index contributed by atoms with van der Waals surface area (Å²) in [7, 11) is 1.80. The number of hydrogen-bond acceptors (Lipinski definition) is 2. The summed E-state index contributed by atoms with van der Waals surface area (Å²) in [6, 6.07) is 1.95. The predicted octanol–water partition coefficient (Wildman–Crippen LogP) is 3.44. The van der Waals surface area contributed by atoms with Crippen LogP contribution in [0.5, 0.6) is 0 Å². The Bertz CT molecular complexity index is 351. The van der Waals surface area contributed by atoms with E-state index in [1.807, 2.05) is 6.07 Å². The van der Waals surface area contributed by atoms with E-state index in [1.165, 1.54) is 44.9 Å². The number of aliphatic imine (C=N–C) groups is 1. The standard InChI is InChI=1S/C15H29N5.HI/c1-3-4-5-6-7-8-9-11-17-15(16-2)18-13-14-10-12-19-20-14;/h10,12H,3-9,11,13H2,1-2H3,(H,19,20)(H2,16,17,18);1H. The third-order valence-corrected chi connectivity index (χ3v) is 3.30. The Hall–Kier alpha value is -0.790. The number of guanidine groups is 1. The zero-order chi connectivity index (χ0) is 14.5. The van der Waals surface area contributed by atoms with E-state index >= 15 is 0 Å². The van der Waals surface area contributed by atoms with Crippen molar-refractivity contribution in [1.82, 2.24) is 20.8 Å². The van der Waals surface area contributed by atoms with E-state index in [9.17, 15) is 0 Å². The summed E-state index contributed by atoms with van der Waals surface area (Å²) in [5, 5.41) is 13.4. The highest BCUT2D eigenvalue weighted by Crippen LogP contribution is 2.06. The van der Waals surface area contributed by atoms with Gasteiger partial charge in [-0.2, -0.15) is 5.10 Å². The van der Waals surface area contributed by atoms with Gasteiger partial charge in [-0.05, 0) is 12.5 Å². The second-order valence-corrected chi connectivity index (χ2v) is 5.06. The first-order chi connectivity index (χ1) is 9.86. The van der Waals surface area contributed by atoms with Crippen LogP contribution in [0.2, 0.25) is 0 Å². The molecule has 0 amide bonds. The summed E-state index contributed by atoms with van der Waals surface area (Å²) in [5.41, 5.74) is 1.06. The highest BCUT2D eigenvalue weighted by Gasteiger charge is 1.98. The van der Waals surface area contributed by atoms with Crippen molar-refractivity contribution in [2.45, 2.75) is 58.4 Å². The Balaban J connectivity index is 0.00000400. The number of unbranched alkanes of at least 4 members (excludes halogenated alkanes) is 6. The smallest absolute Gasteiger partial charge is 0.191 e. The first kappa shape index (κ1) is 20.2. The van der Waals surface area contributed by atoms with E-state index in [-0.39, 0.29) is 24.0 Å². The van der Waals surface area contributed by atoms with Crippen LogP contribution in [0.4, 0.5) is 0 Å². The van der Waals surface area contributed by atoms with E-state index in [2.05, 4.69) is 32.7 Å². The van der Waals surface area contributed by atoms with Crippen molar-refractivity contribution in [3.05, 3.63) is 18.0 Å². The molecule has 0 saturated heterocycles. The number of rotatable bonds is 10. The van der Waals surface area contributed by atoms with Gasteiger partial charge in [-0.1, -0.05) is 45.4 Å². The zero-order valence-corrected chi connectivity index (χ0v) is 15.7. The Morgan fingerprint density at radius 2 is 1.86 bits per heavy atom. The average molecular weight is 407 g/mol. The van der Waals surface area contributed by atoms with Crippen LogP contribution in [0.3, 0.4) is 0 Å². The van der Waals surface area contributed by atoms with Crippen LogP contribution < -0.4 is 10.6 Å². The highest BCUT2D eigenvalue weighted by molar-refractivity contribution is 14.0. The normalized spacial score (nSPS) is 11.0. The second kappa shape index (κ2) is 14.2. The van der Waals surface area contributed by atoms with Crippen LogP contribution in [-0.4, -0.2) is 29.7 Å². The summed E-state index contributed by atoms with van der Waals surface area (Å²) in [6.07, 6.45) is 11.1. The minimum absolute atomic E-state index is 0. The van der Waals surface area contributed by atoms with Crippen molar-refractivity contribution in [1.29, 1.82) is 0 Å². The molecular weight excluding hydrogens is 377 g/mol. The maximum absolute atomic E-state index is 4.21. The van der Waals surface area contributed by atoms with Crippen molar-refractivity contribution in [2.75, 3.05) is 13.6 Å². The first-order valence-electron chi connectivity index (χ1n) is 7.79. The quantitative estimate of drug-likeness (QED) is 0.241. The molecule has 0 aromatic carbocycles. The fraction of sp³-hybridized carbons (Fsp3) is 0.733. The van der Waals surface area contributed by atoms with Gasteiger partial charge in [0, 0.05) is 19.8 Å². The molecule has 0 fully saturated rings.